The Morgan fingerprint density at radius 3 is 2.48 bits per heavy atom. The Kier molecular flexibility index (Phi) is 9.06. The number of carbonyl (C=O) groups is 1. The first-order valence-electron chi connectivity index (χ1n) is 13.7. The van der Waals surface area contributed by atoms with Crippen LogP contribution in [0.3, 0.4) is 0 Å². The van der Waals surface area contributed by atoms with E-state index in [9.17, 15) is 4.79 Å². The van der Waals surface area contributed by atoms with Gasteiger partial charge in [-0.05, 0) is 54.8 Å². The van der Waals surface area contributed by atoms with Crippen LogP contribution in [0.15, 0.2) is 48.5 Å². The maximum Gasteiger partial charge on any atom is 0.515 e. The largest absolute Gasteiger partial charge is 0.515 e. The lowest BCUT2D eigenvalue weighted by Crippen LogP contribution is -2.14. The lowest BCUT2D eigenvalue weighted by Gasteiger charge is -2.14. The summed E-state index contributed by atoms with van der Waals surface area (Å²) < 4.78 is 53.5. The molecule has 220 valence electrons. The third kappa shape index (κ3) is 5.96. The van der Waals surface area contributed by atoms with Crippen LogP contribution in [0, 0.1) is 5.82 Å². The van der Waals surface area contributed by atoms with Crippen LogP contribution in [0.5, 0.6) is 23.1 Å². The molecule has 0 radical (unpaired) electrons. The number of methoxy groups -OCH3 is 2. The van der Waals surface area contributed by atoms with Crippen molar-refractivity contribution in [3.63, 3.8) is 0 Å². The molecular weight excluding hydrogens is 561 g/mol. The topological polar surface area (TPSA) is 93.9 Å². The van der Waals surface area contributed by atoms with Crippen molar-refractivity contribution < 1.29 is 32.9 Å². The van der Waals surface area contributed by atoms with Crippen LogP contribution >= 0.6 is 11.7 Å². The summed E-state index contributed by atoms with van der Waals surface area (Å²) >= 11 is 1.14. The molecule has 0 spiro atoms. The summed E-state index contributed by atoms with van der Waals surface area (Å²) in [6, 6.07) is 14.1. The summed E-state index contributed by atoms with van der Waals surface area (Å²) in [5, 5.41) is 0.674. The zero-order chi connectivity index (χ0) is 29.6. The number of ether oxygens (including phenoxy) is 5. The summed E-state index contributed by atoms with van der Waals surface area (Å²) in [5.41, 5.74) is 4.13. The van der Waals surface area contributed by atoms with Crippen LogP contribution in [0.25, 0.3) is 33.1 Å². The number of unbranched alkanes of at least 4 members (excludes halogenated alkanes) is 2. The van der Waals surface area contributed by atoms with Gasteiger partial charge >= 0.3 is 6.16 Å². The maximum atomic E-state index is 15.0. The van der Waals surface area contributed by atoms with Crippen LogP contribution in [-0.4, -0.2) is 46.9 Å². The molecule has 0 saturated heterocycles. The Labute approximate surface area is 247 Å². The Hall–Kier alpha value is -4.38. The first kappa shape index (κ1) is 29.1. The Morgan fingerprint density at radius 2 is 1.74 bits per heavy atom. The molecule has 5 rings (SSSR count). The third-order valence-electron chi connectivity index (χ3n) is 6.85. The Bertz CT molecular complexity index is 1720. The van der Waals surface area contributed by atoms with Gasteiger partial charge in [-0.1, -0.05) is 31.9 Å². The molecule has 0 aliphatic carbocycles. The summed E-state index contributed by atoms with van der Waals surface area (Å²) in [7, 11) is 2.97. The van der Waals surface area contributed by atoms with Crippen LogP contribution < -0.4 is 18.9 Å². The van der Waals surface area contributed by atoms with E-state index in [1.54, 1.807) is 20.1 Å². The van der Waals surface area contributed by atoms with E-state index < -0.39 is 12.0 Å². The fraction of sp³-hybridized carbons (Fsp3) is 0.323. The predicted molar refractivity (Wildman–Crippen MR) is 160 cm³/mol. The van der Waals surface area contributed by atoms with E-state index in [0.29, 0.717) is 46.7 Å². The number of rotatable bonds is 12. The zero-order valence-corrected chi connectivity index (χ0v) is 24.8. The van der Waals surface area contributed by atoms with Gasteiger partial charge in [-0.3, -0.25) is 0 Å². The van der Waals surface area contributed by atoms with E-state index in [2.05, 4.69) is 15.7 Å². The van der Waals surface area contributed by atoms with Crippen molar-refractivity contribution >= 4 is 39.8 Å². The molecule has 0 aliphatic rings. The van der Waals surface area contributed by atoms with Crippen molar-refractivity contribution in [2.24, 2.45) is 0 Å². The monoisotopic (exact) mass is 593 g/mol. The summed E-state index contributed by atoms with van der Waals surface area (Å²) in [5.74, 6) is 0.788. The minimum atomic E-state index is -0.876. The van der Waals surface area contributed by atoms with Gasteiger partial charge in [0.1, 0.15) is 11.0 Å². The minimum absolute atomic E-state index is 0.0980. The van der Waals surface area contributed by atoms with Crippen molar-refractivity contribution in [3.8, 4) is 34.3 Å². The molecule has 2 aromatic heterocycles. The highest BCUT2D eigenvalue weighted by atomic mass is 32.1. The van der Waals surface area contributed by atoms with Gasteiger partial charge in [0.25, 0.3) is 0 Å². The zero-order valence-electron chi connectivity index (χ0n) is 23.9. The van der Waals surface area contributed by atoms with E-state index in [1.807, 2.05) is 34.9 Å². The van der Waals surface area contributed by atoms with E-state index >= 15 is 4.39 Å². The fourth-order valence-corrected chi connectivity index (χ4v) is 5.36. The minimum Gasteiger partial charge on any atom is -0.494 e. The van der Waals surface area contributed by atoms with Crippen LogP contribution in [-0.2, 0) is 11.3 Å². The van der Waals surface area contributed by atoms with E-state index in [4.69, 9.17) is 23.7 Å². The molecule has 42 heavy (non-hydrogen) atoms. The standard InChI is InChI=1S/C31H32FN3O6S/c1-5-7-8-13-40-28-17-25-21(16-27(28)38-4)29(20-10-12-26(37-3)22(32)15-20)30(41-31(36)39-6-2)35(25)18-19-9-11-23-24(14-19)34-42-33-23/h9-12,14-17H,5-8,13,18H2,1-4H3. The van der Waals surface area contributed by atoms with Crippen LogP contribution in [0.4, 0.5) is 9.18 Å². The van der Waals surface area contributed by atoms with Crippen molar-refractivity contribution in [2.75, 3.05) is 27.4 Å². The van der Waals surface area contributed by atoms with Gasteiger partial charge in [0.2, 0.25) is 5.88 Å². The molecule has 0 saturated carbocycles. The molecule has 0 amide bonds. The summed E-state index contributed by atoms with van der Waals surface area (Å²) in [6.07, 6.45) is 2.13. The number of nitrogens with zero attached hydrogens (tertiary/aromatic N) is 3. The van der Waals surface area contributed by atoms with E-state index in [0.717, 1.165) is 47.6 Å². The first-order valence-corrected chi connectivity index (χ1v) is 14.5. The molecule has 0 unspecified atom stereocenters. The maximum absolute atomic E-state index is 15.0. The third-order valence-corrected chi connectivity index (χ3v) is 7.40. The molecule has 11 heteroatoms. The van der Waals surface area contributed by atoms with Gasteiger partial charge in [0.05, 0.1) is 56.8 Å². The van der Waals surface area contributed by atoms with Gasteiger partial charge in [-0.2, -0.15) is 8.75 Å². The lowest BCUT2D eigenvalue weighted by atomic mass is 10.0. The highest BCUT2D eigenvalue weighted by Crippen LogP contribution is 2.46. The average molecular weight is 594 g/mol. The number of halogens is 1. The Balaban J connectivity index is 1.75. The van der Waals surface area contributed by atoms with Crippen molar-refractivity contribution in [3.05, 3.63) is 59.9 Å². The number of benzene rings is 3. The van der Waals surface area contributed by atoms with Crippen LogP contribution in [0.2, 0.25) is 0 Å². The smallest absolute Gasteiger partial charge is 0.494 e. The van der Waals surface area contributed by atoms with Gasteiger partial charge in [-0.15, -0.1) is 0 Å². The van der Waals surface area contributed by atoms with Crippen molar-refractivity contribution in [2.45, 2.75) is 39.7 Å². The predicted octanol–water partition coefficient (Wildman–Crippen LogP) is 7.62. The normalized spacial score (nSPS) is 11.2. The second kappa shape index (κ2) is 13.1. The molecular formula is C31H32FN3O6S. The highest BCUT2D eigenvalue weighted by Gasteiger charge is 2.26. The van der Waals surface area contributed by atoms with Gasteiger partial charge in [0, 0.05) is 11.5 Å². The summed E-state index contributed by atoms with van der Waals surface area (Å²) in [4.78, 5) is 12.8. The van der Waals surface area contributed by atoms with Crippen LogP contribution in [0.1, 0.15) is 38.7 Å². The van der Waals surface area contributed by atoms with E-state index in [-0.39, 0.29) is 18.2 Å². The number of carbonyl (C=O) groups excluding carboxylic acids is 1. The summed E-state index contributed by atoms with van der Waals surface area (Å²) in [6.45, 7) is 4.78. The fourth-order valence-electron chi connectivity index (χ4n) is 4.84. The van der Waals surface area contributed by atoms with Crippen molar-refractivity contribution in [1.29, 1.82) is 0 Å². The first-order chi connectivity index (χ1) is 20.5. The molecule has 9 nitrogen and oxygen atoms in total. The molecule has 0 bridgehead atoms. The quantitative estimate of drug-likeness (QED) is 0.108. The van der Waals surface area contributed by atoms with E-state index in [1.165, 1.54) is 19.2 Å². The molecule has 0 aliphatic heterocycles. The highest BCUT2D eigenvalue weighted by molar-refractivity contribution is 7.00. The number of hydrogen-bond donors (Lipinski definition) is 0. The number of hydrogen-bond acceptors (Lipinski definition) is 9. The average Bonchev–Trinajstić information content (AvgIpc) is 3.57. The Morgan fingerprint density at radius 1 is 0.929 bits per heavy atom. The second-order valence-corrected chi connectivity index (χ2v) is 10.1. The van der Waals surface area contributed by atoms with Gasteiger partial charge < -0.3 is 28.3 Å². The molecule has 0 fully saturated rings. The molecule has 5 aromatic rings. The van der Waals surface area contributed by atoms with Gasteiger partial charge in [-0.25, -0.2) is 9.18 Å². The van der Waals surface area contributed by atoms with Gasteiger partial charge in [0.15, 0.2) is 23.1 Å². The number of aromatic nitrogens is 3. The molecule has 2 heterocycles. The lowest BCUT2D eigenvalue weighted by molar-refractivity contribution is 0.101. The second-order valence-electron chi connectivity index (χ2n) is 9.56. The molecule has 0 atom stereocenters. The molecule has 0 N–H and O–H groups in total. The molecule has 3 aromatic carbocycles. The number of fused-ring (bicyclic) bond motifs is 2. The SMILES string of the molecule is CCCCCOc1cc2c(cc1OC)c(-c1ccc(OC)c(F)c1)c(OC(=O)OCC)n2Cc1ccc2nsnc2c1. The van der Waals surface area contributed by atoms with Crippen molar-refractivity contribution in [1.82, 2.24) is 13.3 Å².